The van der Waals surface area contributed by atoms with Crippen LogP contribution < -0.4 is 10.6 Å². The van der Waals surface area contributed by atoms with Crippen LogP contribution in [0.15, 0.2) is 29.3 Å². The molecule has 1 heterocycles. The number of ether oxygens (including phenoxy) is 1. The third kappa shape index (κ3) is 10.6. The summed E-state index contributed by atoms with van der Waals surface area (Å²) in [4.78, 5) is 9.62. The van der Waals surface area contributed by atoms with E-state index in [1.807, 2.05) is 0 Å². The maximum Gasteiger partial charge on any atom is 0.191 e. The van der Waals surface area contributed by atoms with Gasteiger partial charge in [0.05, 0.1) is 0 Å². The van der Waals surface area contributed by atoms with Crippen LogP contribution in [0.4, 0.5) is 0 Å². The van der Waals surface area contributed by atoms with Crippen LogP contribution in [0.25, 0.3) is 0 Å². The number of rotatable bonds is 12. The molecule has 0 spiro atoms. The van der Waals surface area contributed by atoms with Crippen molar-refractivity contribution in [1.29, 1.82) is 0 Å². The number of nitrogens with one attached hydrogen (secondary N) is 2. The van der Waals surface area contributed by atoms with E-state index in [1.165, 1.54) is 17.5 Å². The maximum atomic E-state index is 5.11. The minimum Gasteiger partial charge on any atom is -0.385 e. The second-order valence-corrected chi connectivity index (χ2v) is 7.49. The van der Waals surface area contributed by atoms with Crippen molar-refractivity contribution in [3.8, 4) is 0 Å². The molecule has 1 aromatic rings. The summed E-state index contributed by atoms with van der Waals surface area (Å²) in [6, 6.07) is 8.82. The third-order valence-corrected chi connectivity index (χ3v) is 5.13. The van der Waals surface area contributed by atoms with Crippen molar-refractivity contribution in [2.75, 3.05) is 66.6 Å². The summed E-state index contributed by atoms with van der Waals surface area (Å²) >= 11 is 0. The zero-order valence-electron chi connectivity index (χ0n) is 18.5. The van der Waals surface area contributed by atoms with Gasteiger partial charge < -0.3 is 20.3 Å². The smallest absolute Gasteiger partial charge is 0.191 e. The molecule has 0 saturated heterocycles. The number of methoxy groups -OCH3 is 1. The van der Waals surface area contributed by atoms with Gasteiger partial charge in [0, 0.05) is 66.1 Å². The predicted octanol–water partition coefficient (Wildman–Crippen LogP) is 2.58. The molecule has 6 nitrogen and oxygen atoms in total. The number of hydrogen-bond acceptors (Lipinski definition) is 4. The van der Waals surface area contributed by atoms with Gasteiger partial charge in [-0.3, -0.25) is 9.89 Å². The van der Waals surface area contributed by atoms with Gasteiger partial charge in [0.25, 0.3) is 0 Å². The molecular weight excluding hydrogens is 477 g/mol. The van der Waals surface area contributed by atoms with E-state index in [-0.39, 0.29) is 24.0 Å². The molecule has 1 aromatic carbocycles. The van der Waals surface area contributed by atoms with Gasteiger partial charge >= 0.3 is 0 Å². The molecule has 0 atom stereocenters. The first-order chi connectivity index (χ1) is 13.7. The fourth-order valence-corrected chi connectivity index (χ4v) is 3.53. The van der Waals surface area contributed by atoms with Crippen LogP contribution in [0.1, 0.15) is 30.9 Å². The first kappa shape index (κ1) is 26.1. The summed E-state index contributed by atoms with van der Waals surface area (Å²) in [6.45, 7) is 11.0. The van der Waals surface area contributed by atoms with Crippen LogP contribution in [0.2, 0.25) is 0 Å². The molecule has 0 bridgehead atoms. The SMILES string of the molecule is CCNC(=NCCCN1CCc2ccccc2C1)NCCN(C)CCCOC.I. The number of nitrogens with zero attached hydrogens (tertiary/aromatic N) is 3. The lowest BCUT2D eigenvalue weighted by Gasteiger charge is -2.28. The van der Waals surface area contributed by atoms with Crippen molar-refractivity contribution in [1.82, 2.24) is 20.4 Å². The van der Waals surface area contributed by atoms with Gasteiger partial charge in [-0.25, -0.2) is 0 Å². The van der Waals surface area contributed by atoms with Crippen LogP contribution in [0.5, 0.6) is 0 Å². The van der Waals surface area contributed by atoms with E-state index in [1.54, 1.807) is 7.11 Å². The molecule has 1 aliphatic rings. The molecule has 0 aliphatic carbocycles. The Morgan fingerprint density at radius 2 is 1.97 bits per heavy atom. The van der Waals surface area contributed by atoms with Crippen molar-refractivity contribution in [3.05, 3.63) is 35.4 Å². The van der Waals surface area contributed by atoms with Gasteiger partial charge in [0.2, 0.25) is 0 Å². The minimum absolute atomic E-state index is 0. The molecule has 166 valence electrons. The fourth-order valence-electron chi connectivity index (χ4n) is 3.53. The summed E-state index contributed by atoms with van der Waals surface area (Å²) in [6.07, 6.45) is 3.33. The summed E-state index contributed by atoms with van der Waals surface area (Å²) in [5.41, 5.74) is 3.00. The molecule has 0 saturated carbocycles. The number of likely N-dealkylation sites (N-methyl/N-ethyl adjacent to an activating group) is 1. The number of guanidine groups is 1. The Hall–Kier alpha value is -0.900. The second kappa shape index (κ2) is 15.9. The van der Waals surface area contributed by atoms with Gasteiger partial charge in [-0.2, -0.15) is 0 Å². The number of benzene rings is 1. The standard InChI is InChI=1S/C22H39N5O.HI/c1-4-23-22(25-13-17-26(2)14-8-18-28-3)24-12-7-15-27-16-11-20-9-5-6-10-21(20)19-27;/h5-6,9-10H,4,7-8,11-19H2,1-3H3,(H2,23,24,25);1H. The summed E-state index contributed by atoms with van der Waals surface area (Å²) in [5, 5.41) is 6.79. The highest BCUT2D eigenvalue weighted by atomic mass is 127. The molecule has 29 heavy (non-hydrogen) atoms. The van der Waals surface area contributed by atoms with E-state index in [0.717, 1.165) is 77.8 Å². The monoisotopic (exact) mass is 517 g/mol. The van der Waals surface area contributed by atoms with E-state index in [0.29, 0.717) is 0 Å². The van der Waals surface area contributed by atoms with Crippen LogP contribution in [-0.2, 0) is 17.7 Å². The Bertz CT molecular complexity index is 584. The lowest BCUT2D eigenvalue weighted by atomic mass is 10.00. The Kier molecular flexibility index (Phi) is 14.3. The molecule has 1 aliphatic heterocycles. The Morgan fingerprint density at radius 3 is 2.72 bits per heavy atom. The lowest BCUT2D eigenvalue weighted by Crippen LogP contribution is -2.41. The molecule has 0 aromatic heterocycles. The third-order valence-electron chi connectivity index (χ3n) is 5.13. The molecule has 2 N–H and O–H groups in total. The summed E-state index contributed by atoms with van der Waals surface area (Å²) < 4.78 is 5.11. The van der Waals surface area contributed by atoms with Crippen molar-refractivity contribution in [3.63, 3.8) is 0 Å². The van der Waals surface area contributed by atoms with Crippen LogP contribution in [-0.4, -0.2) is 82.3 Å². The Morgan fingerprint density at radius 1 is 1.17 bits per heavy atom. The average Bonchev–Trinajstić information content (AvgIpc) is 2.71. The molecule has 2 rings (SSSR count). The van der Waals surface area contributed by atoms with Crippen LogP contribution in [0, 0.1) is 0 Å². The van der Waals surface area contributed by atoms with Gasteiger partial charge in [-0.1, -0.05) is 24.3 Å². The van der Waals surface area contributed by atoms with Gasteiger partial charge in [0.1, 0.15) is 0 Å². The van der Waals surface area contributed by atoms with Crippen molar-refractivity contribution in [2.24, 2.45) is 4.99 Å². The number of hydrogen-bond donors (Lipinski definition) is 2. The highest BCUT2D eigenvalue weighted by Crippen LogP contribution is 2.18. The van der Waals surface area contributed by atoms with Gasteiger partial charge in [-0.15, -0.1) is 24.0 Å². The van der Waals surface area contributed by atoms with Gasteiger partial charge in [-0.05, 0) is 44.4 Å². The van der Waals surface area contributed by atoms with Crippen molar-refractivity contribution < 1.29 is 4.74 Å². The van der Waals surface area contributed by atoms with E-state index >= 15 is 0 Å². The average molecular weight is 518 g/mol. The molecule has 7 heteroatoms. The first-order valence-corrected chi connectivity index (χ1v) is 10.7. The van der Waals surface area contributed by atoms with Crippen molar-refractivity contribution >= 4 is 29.9 Å². The molecule has 0 radical (unpaired) electrons. The first-order valence-electron chi connectivity index (χ1n) is 10.7. The molecule has 0 fully saturated rings. The van der Waals surface area contributed by atoms with E-state index in [4.69, 9.17) is 9.73 Å². The van der Waals surface area contributed by atoms with E-state index in [2.05, 4.69) is 58.7 Å². The number of fused-ring (bicyclic) bond motifs is 1. The highest BCUT2D eigenvalue weighted by molar-refractivity contribution is 14.0. The maximum absolute atomic E-state index is 5.11. The predicted molar refractivity (Wildman–Crippen MR) is 133 cm³/mol. The van der Waals surface area contributed by atoms with E-state index < -0.39 is 0 Å². The summed E-state index contributed by atoms with van der Waals surface area (Å²) in [5.74, 6) is 0.928. The molecule has 0 unspecified atom stereocenters. The molecule has 0 amide bonds. The zero-order valence-corrected chi connectivity index (χ0v) is 20.8. The number of halogens is 1. The van der Waals surface area contributed by atoms with Crippen LogP contribution in [0.3, 0.4) is 0 Å². The molecular formula is C22H40IN5O. The largest absolute Gasteiger partial charge is 0.385 e. The second-order valence-electron chi connectivity index (χ2n) is 7.49. The summed E-state index contributed by atoms with van der Waals surface area (Å²) in [7, 11) is 3.91. The zero-order chi connectivity index (χ0) is 20.0. The topological polar surface area (TPSA) is 52.1 Å². The normalized spacial score (nSPS) is 14.4. The highest BCUT2D eigenvalue weighted by Gasteiger charge is 2.14. The number of aliphatic imine (C=N–C) groups is 1. The van der Waals surface area contributed by atoms with Crippen molar-refractivity contribution in [2.45, 2.75) is 32.7 Å². The van der Waals surface area contributed by atoms with Gasteiger partial charge in [0.15, 0.2) is 5.96 Å². The Balaban J connectivity index is 0.00000420. The minimum atomic E-state index is 0. The fraction of sp³-hybridized carbons (Fsp3) is 0.682. The quantitative estimate of drug-likeness (QED) is 0.193. The van der Waals surface area contributed by atoms with E-state index in [9.17, 15) is 0 Å². The Labute approximate surface area is 194 Å². The lowest BCUT2D eigenvalue weighted by molar-refractivity contribution is 0.180. The van der Waals surface area contributed by atoms with Crippen LogP contribution >= 0.6 is 24.0 Å².